The zero-order valence-corrected chi connectivity index (χ0v) is 17.8. The van der Waals surface area contributed by atoms with Gasteiger partial charge in [-0.2, -0.15) is 16.9 Å². The Labute approximate surface area is 161 Å². The van der Waals surface area contributed by atoms with Crippen LogP contribution >= 0.6 is 35.7 Å². The Morgan fingerprint density at radius 2 is 2.30 bits per heavy atom. The number of hydrogen-bond acceptors (Lipinski definition) is 3. The van der Waals surface area contributed by atoms with Gasteiger partial charge in [0.05, 0.1) is 19.3 Å². The normalized spacial score (nSPS) is 18.9. The van der Waals surface area contributed by atoms with E-state index in [-0.39, 0.29) is 24.0 Å². The minimum Gasteiger partial charge on any atom is -0.357 e. The Hall–Kier alpha value is -0.440. The Balaban J connectivity index is 0.00000264. The van der Waals surface area contributed by atoms with Gasteiger partial charge >= 0.3 is 0 Å². The number of thioether (sulfide) groups is 1. The SMILES string of the molecule is CCNC(=NCCn1cc(C)cn1)N1CCSC(C(C)C)C1.I. The van der Waals surface area contributed by atoms with E-state index in [0.29, 0.717) is 11.2 Å². The van der Waals surface area contributed by atoms with Crippen LogP contribution in [0.3, 0.4) is 0 Å². The molecule has 1 saturated heterocycles. The highest BCUT2D eigenvalue weighted by molar-refractivity contribution is 14.0. The van der Waals surface area contributed by atoms with E-state index in [1.54, 1.807) is 0 Å². The van der Waals surface area contributed by atoms with Crippen molar-refractivity contribution in [2.24, 2.45) is 10.9 Å². The van der Waals surface area contributed by atoms with Gasteiger partial charge in [-0.05, 0) is 25.3 Å². The molecule has 0 aromatic carbocycles. The first kappa shape index (κ1) is 20.6. The Morgan fingerprint density at radius 3 is 2.91 bits per heavy atom. The first-order valence-electron chi connectivity index (χ1n) is 8.24. The van der Waals surface area contributed by atoms with Crippen molar-refractivity contribution in [2.75, 3.05) is 31.9 Å². The topological polar surface area (TPSA) is 45.5 Å². The van der Waals surface area contributed by atoms with Crippen LogP contribution in [0.5, 0.6) is 0 Å². The quantitative estimate of drug-likeness (QED) is 0.425. The van der Waals surface area contributed by atoms with Gasteiger partial charge in [0.15, 0.2) is 5.96 Å². The van der Waals surface area contributed by atoms with Gasteiger partial charge in [0.1, 0.15) is 0 Å². The summed E-state index contributed by atoms with van der Waals surface area (Å²) in [5.74, 6) is 2.95. The van der Waals surface area contributed by atoms with Crippen molar-refractivity contribution < 1.29 is 0 Å². The number of nitrogens with zero attached hydrogens (tertiary/aromatic N) is 4. The second-order valence-electron chi connectivity index (χ2n) is 6.12. The van der Waals surface area contributed by atoms with Gasteiger partial charge < -0.3 is 10.2 Å². The molecule has 0 bridgehead atoms. The van der Waals surface area contributed by atoms with Crippen LogP contribution in [0, 0.1) is 12.8 Å². The monoisotopic (exact) mass is 451 g/mol. The molecule has 1 atom stereocenters. The lowest BCUT2D eigenvalue weighted by Gasteiger charge is -2.36. The third-order valence-electron chi connectivity index (χ3n) is 3.82. The summed E-state index contributed by atoms with van der Waals surface area (Å²) in [7, 11) is 0. The minimum absolute atomic E-state index is 0. The summed E-state index contributed by atoms with van der Waals surface area (Å²) in [4.78, 5) is 7.21. The van der Waals surface area contributed by atoms with Crippen LogP contribution < -0.4 is 5.32 Å². The summed E-state index contributed by atoms with van der Waals surface area (Å²) >= 11 is 2.10. The van der Waals surface area contributed by atoms with Gasteiger partial charge in [-0.25, -0.2) is 0 Å². The van der Waals surface area contributed by atoms with Crippen molar-refractivity contribution in [3.63, 3.8) is 0 Å². The molecule has 1 fully saturated rings. The average Bonchev–Trinajstić information content (AvgIpc) is 2.92. The molecule has 1 aromatic heterocycles. The molecule has 2 heterocycles. The second kappa shape index (κ2) is 10.4. The number of halogens is 1. The fourth-order valence-electron chi connectivity index (χ4n) is 2.54. The molecule has 2 rings (SSSR count). The molecular weight excluding hydrogens is 421 g/mol. The third kappa shape index (κ3) is 6.52. The van der Waals surface area contributed by atoms with Crippen LogP contribution in [0.15, 0.2) is 17.4 Å². The van der Waals surface area contributed by atoms with E-state index in [9.17, 15) is 0 Å². The van der Waals surface area contributed by atoms with Gasteiger partial charge in [0.25, 0.3) is 0 Å². The van der Waals surface area contributed by atoms with Crippen molar-refractivity contribution in [1.82, 2.24) is 20.0 Å². The van der Waals surface area contributed by atoms with Gasteiger partial charge in [-0.3, -0.25) is 9.67 Å². The van der Waals surface area contributed by atoms with E-state index < -0.39 is 0 Å². The highest BCUT2D eigenvalue weighted by Crippen LogP contribution is 2.24. The van der Waals surface area contributed by atoms with Crippen molar-refractivity contribution in [2.45, 2.75) is 39.5 Å². The lowest BCUT2D eigenvalue weighted by molar-refractivity contribution is 0.380. The van der Waals surface area contributed by atoms with Crippen LogP contribution in [0.25, 0.3) is 0 Å². The van der Waals surface area contributed by atoms with Crippen molar-refractivity contribution >= 4 is 41.7 Å². The Morgan fingerprint density at radius 1 is 1.52 bits per heavy atom. The maximum Gasteiger partial charge on any atom is 0.194 e. The molecule has 0 amide bonds. The summed E-state index contributed by atoms with van der Waals surface area (Å²) < 4.78 is 1.96. The average molecular weight is 451 g/mol. The lowest BCUT2D eigenvalue weighted by Crippen LogP contribution is -2.49. The number of aliphatic imine (C=N–C) groups is 1. The summed E-state index contributed by atoms with van der Waals surface area (Å²) in [5, 5.41) is 8.46. The van der Waals surface area contributed by atoms with E-state index in [2.05, 4.69) is 61.0 Å². The first-order valence-corrected chi connectivity index (χ1v) is 9.29. The number of nitrogens with one attached hydrogen (secondary N) is 1. The zero-order valence-electron chi connectivity index (χ0n) is 14.7. The molecule has 0 spiro atoms. The van der Waals surface area contributed by atoms with E-state index in [1.165, 1.54) is 11.3 Å². The fourth-order valence-corrected chi connectivity index (χ4v) is 3.84. The zero-order chi connectivity index (χ0) is 15.9. The summed E-state index contributed by atoms with van der Waals surface area (Å²) in [6.45, 7) is 13.5. The van der Waals surface area contributed by atoms with Gasteiger partial charge in [0, 0.05) is 36.8 Å². The first-order chi connectivity index (χ1) is 10.6. The maximum atomic E-state index is 4.80. The fraction of sp³-hybridized carbons (Fsp3) is 0.750. The van der Waals surface area contributed by atoms with Crippen molar-refractivity contribution in [1.29, 1.82) is 0 Å². The van der Waals surface area contributed by atoms with E-state index in [0.717, 1.165) is 38.7 Å². The minimum atomic E-state index is 0. The van der Waals surface area contributed by atoms with Crippen LogP contribution in [0.2, 0.25) is 0 Å². The molecule has 1 N–H and O–H groups in total. The number of guanidine groups is 1. The summed E-state index contributed by atoms with van der Waals surface area (Å²) in [6.07, 6.45) is 3.96. The lowest BCUT2D eigenvalue weighted by atomic mass is 10.1. The molecule has 0 saturated carbocycles. The number of rotatable bonds is 5. The molecule has 5 nitrogen and oxygen atoms in total. The second-order valence-corrected chi connectivity index (χ2v) is 7.46. The molecule has 1 unspecified atom stereocenters. The van der Waals surface area contributed by atoms with Gasteiger partial charge in [-0.15, -0.1) is 24.0 Å². The maximum absolute atomic E-state index is 4.80. The smallest absolute Gasteiger partial charge is 0.194 e. The van der Waals surface area contributed by atoms with Crippen LogP contribution in [0.4, 0.5) is 0 Å². The molecule has 23 heavy (non-hydrogen) atoms. The summed E-state index contributed by atoms with van der Waals surface area (Å²) in [5.41, 5.74) is 1.20. The number of hydrogen-bond donors (Lipinski definition) is 1. The molecule has 1 aromatic rings. The summed E-state index contributed by atoms with van der Waals surface area (Å²) in [6, 6.07) is 0. The molecule has 7 heteroatoms. The van der Waals surface area contributed by atoms with Crippen LogP contribution in [0.1, 0.15) is 26.3 Å². The predicted octanol–water partition coefficient (Wildman–Crippen LogP) is 2.85. The third-order valence-corrected chi connectivity index (χ3v) is 5.36. The van der Waals surface area contributed by atoms with Crippen LogP contribution in [-0.2, 0) is 6.54 Å². The largest absolute Gasteiger partial charge is 0.357 e. The molecule has 1 aliphatic rings. The Kier molecular flexibility index (Phi) is 9.34. The highest BCUT2D eigenvalue weighted by Gasteiger charge is 2.24. The molecular formula is C16H30IN5S. The van der Waals surface area contributed by atoms with E-state index >= 15 is 0 Å². The Bertz CT molecular complexity index is 489. The van der Waals surface area contributed by atoms with Gasteiger partial charge in [0.2, 0.25) is 0 Å². The number of aromatic nitrogens is 2. The van der Waals surface area contributed by atoms with E-state index in [4.69, 9.17) is 4.99 Å². The highest BCUT2D eigenvalue weighted by atomic mass is 127. The molecule has 1 aliphatic heterocycles. The van der Waals surface area contributed by atoms with Crippen molar-refractivity contribution in [3.8, 4) is 0 Å². The van der Waals surface area contributed by atoms with Crippen molar-refractivity contribution in [3.05, 3.63) is 18.0 Å². The van der Waals surface area contributed by atoms with E-state index in [1.807, 2.05) is 10.9 Å². The predicted molar refractivity (Wildman–Crippen MR) is 111 cm³/mol. The molecule has 132 valence electrons. The standard InChI is InChI=1S/C16H29N5S.HI/c1-5-17-16(18-6-7-21-11-14(4)10-19-21)20-8-9-22-15(12-20)13(2)3;/h10-11,13,15H,5-9,12H2,1-4H3,(H,17,18);1H. The number of aryl methyl sites for hydroxylation is 1. The van der Waals surface area contributed by atoms with Crippen LogP contribution in [-0.4, -0.2) is 57.8 Å². The van der Waals surface area contributed by atoms with Gasteiger partial charge in [-0.1, -0.05) is 13.8 Å². The molecule has 0 radical (unpaired) electrons. The molecule has 0 aliphatic carbocycles.